The molecule has 0 unspecified atom stereocenters. The number of benzene rings is 1. The molecule has 0 amide bonds. The highest BCUT2D eigenvalue weighted by atomic mass is 28.4. The smallest absolute Gasteiger partial charge is 0.298 e. The molecule has 0 radical (unpaired) electrons. The molecule has 0 saturated carbocycles. The summed E-state index contributed by atoms with van der Waals surface area (Å²) in [5.74, 6) is -10.9. The quantitative estimate of drug-likeness (QED) is 0.190. The predicted octanol–water partition coefficient (Wildman–Crippen LogP) is 4.04. The van der Waals surface area contributed by atoms with Crippen LogP contribution >= 0.6 is 0 Å². The van der Waals surface area contributed by atoms with E-state index in [1.165, 1.54) is 6.92 Å². The number of nitrogens with zero attached hydrogens (tertiary/aromatic N) is 1. The Morgan fingerprint density at radius 2 is 1.42 bits per heavy atom. The fourth-order valence-electron chi connectivity index (χ4n) is 1.60. The maximum Gasteiger partial charge on any atom is 0.298 e. The maximum absolute atomic E-state index is 13.4. The van der Waals surface area contributed by atoms with Gasteiger partial charge in [-0.3, -0.25) is 4.79 Å². The Bertz CT molecular complexity index is 644. The van der Waals surface area contributed by atoms with Crippen molar-refractivity contribution in [2.75, 3.05) is 0 Å². The van der Waals surface area contributed by atoms with Crippen molar-refractivity contribution in [3.63, 3.8) is 0 Å². The first-order valence-corrected chi connectivity index (χ1v) is 10.2. The summed E-state index contributed by atoms with van der Waals surface area (Å²) in [6.07, 6.45) is -0.221. The molecule has 0 heterocycles. The molecule has 0 aliphatic carbocycles. The molecule has 10 heteroatoms. The van der Waals surface area contributed by atoms with Crippen molar-refractivity contribution in [2.24, 2.45) is 5.16 Å². The van der Waals surface area contributed by atoms with E-state index < -0.39 is 55.5 Å². The second-order valence-electron chi connectivity index (χ2n) is 5.91. The lowest BCUT2D eigenvalue weighted by Crippen LogP contribution is -2.29. The molecule has 0 aliphatic heterocycles. The van der Waals surface area contributed by atoms with Crippen molar-refractivity contribution >= 4 is 20.0 Å². The SMILES string of the molecule is CC(CC(=O)O[Si](C)(C)C)=NOCc1c(F)c(F)c(F)c(F)c1F. The van der Waals surface area contributed by atoms with Crippen LogP contribution in [-0.2, 0) is 20.7 Å². The van der Waals surface area contributed by atoms with Crippen molar-refractivity contribution in [2.45, 2.75) is 39.6 Å². The van der Waals surface area contributed by atoms with Crippen LogP contribution in [-0.4, -0.2) is 20.0 Å². The second kappa shape index (κ2) is 7.73. The largest absolute Gasteiger partial charge is 0.520 e. The normalized spacial score (nSPS) is 12.3. The summed E-state index contributed by atoms with van der Waals surface area (Å²) >= 11 is 0. The Kier molecular flexibility index (Phi) is 6.47. The van der Waals surface area contributed by atoms with Crippen molar-refractivity contribution in [1.82, 2.24) is 0 Å². The van der Waals surface area contributed by atoms with Crippen molar-refractivity contribution in [3.8, 4) is 0 Å². The van der Waals surface area contributed by atoms with Crippen LogP contribution in [0.1, 0.15) is 18.9 Å². The molecule has 0 bridgehead atoms. The van der Waals surface area contributed by atoms with Crippen LogP contribution in [0.4, 0.5) is 22.0 Å². The minimum Gasteiger partial charge on any atom is -0.520 e. The van der Waals surface area contributed by atoms with Gasteiger partial charge in [0.05, 0.1) is 17.7 Å². The fourth-order valence-corrected chi connectivity index (χ4v) is 2.36. The average molecular weight is 369 g/mol. The fraction of sp³-hybridized carbons (Fsp3) is 0.429. The highest BCUT2D eigenvalue weighted by molar-refractivity contribution is 6.71. The Balaban J connectivity index is 2.76. The zero-order chi connectivity index (χ0) is 18.7. The molecular formula is C14H16F5NO3Si. The van der Waals surface area contributed by atoms with Crippen molar-refractivity contribution in [1.29, 1.82) is 0 Å². The molecule has 0 spiro atoms. The van der Waals surface area contributed by atoms with E-state index in [0.717, 1.165) is 0 Å². The van der Waals surface area contributed by atoms with Gasteiger partial charge in [0.15, 0.2) is 23.3 Å². The molecule has 24 heavy (non-hydrogen) atoms. The Hall–Kier alpha value is -1.97. The standard InChI is InChI=1S/C14H16F5NO3Si/c1-7(5-9(21)23-24(2,3)4)20-22-6-8-10(15)12(17)14(19)13(18)11(8)16/h5-6H2,1-4H3. The van der Waals surface area contributed by atoms with E-state index in [1.807, 2.05) is 0 Å². The number of oxime groups is 1. The van der Waals surface area contributed by atoms with Gasteiger partial charge < -0.3 is 9.26 Å². The molecule has 4 nitrogen and oxygen atoms in total. The van der Waals surface area contributed by atoms with Crippen molar-refractivity contribution in [3.05, 3.63) is 34.6 Å². The van der Waals surface area contributed by atoms with Gasteiger partial charge in [-0.15, -0.1) is 0 Å². The second-order valence-corrected chi connectivity index (χ2v) is 10.3. The summed E-state index contributed by atoms with van der Waals surface area (Å²) in [5.41, 5.74) is -1.02. The molecular weight excluding hydrogens is 353 g/mol. The lowest BCUT2D eigenvalue weighted by atomic mass is 10.2. The number of hydrogen-bond acceptors (Lipinski definition) is 4. The summed E-state index contributed by atoms with van der Waals surface area (Å²) in [5, 5.41) is 3.41. The molecule has 0 aliphatic rings. The Labute approximate surface area is 136 Å². The van der Waals surface area contributed by atoms with Gasteiger partial charge in [0, 0.05) is 0 Å². The minimum atomic E-state index is -2.25. The predicted molar refractivity (Wildman–Crippen MR) is 78.2 cm³/mol. The summed E-state index contributed by atoms with van der Waals surface area (Å²) in [6.45, 7) is 5.82. The number of hydrogen-bond donors (Lipinski definition) is 0. The van der Waals surface area contributed by atoms with Crippen LogP contribution in [0.15, 0.2) is 5.16 Å². The number of halogens is 5. The van der Waals surface area contributed by atoms with Crippen LogP contribution in [0.25, 0.3) is 0 Å². The molecule has 0 saturated heterocycles. The zero-order valence-electron chi connectivity index (χ0n) is 13.5. The van der Waals surface area contributed by atoms with Gasteiger partial charge in [0.25, 0.3) is 5.97 Å². The van der Waals surface area contributed by atoms with E-state index in [9.17, 15) is 26.7 Å². The van der Waals surface area contributed by atoms with Gasteiger partial charge in [0.2, 0.25) is 14.1 Å². The monoisotopic (exact) mass is 369 g/mol. The highest BCUT2D eigenvalue weighted by Crippen LogP contribution is 2.23. The first-order valence-electron chi connectivity index (χ1n) is 6.81. The Morgan fingerprint density at radius 3 is 1.88 bits per heavy atom. The van der Waals surface area contributed by atoms with E-state index in [2.05, 4.69) is 9.99 Å². The maximum atomic E-state index is 13.4. The molecule has 0 aromatic heterocycles. The first-order chi connectivity index (χ1) is 10.9. The molecule has 1 rings (SSSR count). The zero-order valence-corrected chi connectivity index (χ0v) is 14.5. The molecule has 0 atom stereocenters. The third-order valence-corrected chi connectivity index (χ3v) is 3.39. The van der Waals surface area contributed by atoms with Gasteiger partial charge in [-0.1, -0.05) is 5.16 Å². The van der Waals surface area contributed by atoms with Crippen LogP contribution in [0.3, 0.4) is 0 Å². The summed E-state index contributed by atoms with van der Waals surface area (Å²) < 4.78 is 70.9. The summed E-state index contributed by atoms with van der Waals surface area (Å²) in [4.78, 5) is 16.1. The highest BCUT2D eigenvalue weighted by Gasteiger charge is 2.26. The molecule has 0 N–H and O–H groups in total. The van der Waals surface area contributed by atoms with Gasteiger partial charge in [-0.05, 0) is 26.6 Å². The van der Waals surface area contributed by atoms with E-state index in [1.54, 1.807) is 19.6 Å². The number of carbonyl (C=O) groups excluding carboxylic acids is 1. The third-order valence-electron chi connectivity index (χ3n) is 2.55. The molecule has 0 fully saturated rings. The Morgan fingerprint density at radius 1 is 0.958 bits per heavy atom. The lowest BCUT2D eigenvalue weighted by molar-refractivity contribution is -0.133. The number of carbonyl (C=O) groups is 1. The average Bonchev–Trinajstić information content (AvgIpc) is 2.44. The van der Waals surface area contributed by atoms with Gasteiger partial charge in [-0.25, -0.2) is 22.0 Å². The van der Waals surface area contributed by atoms with Gasteiger partial charge in [-0.2, -0.15) is 0 Å². The summed E-state index contributed by atoms with van der Waals surface area (Å²) in [6, 6.07) is 0. The van der Waals surface area contributed by atoms with Gasteiger partial charge >= 0.3 is 0 Å². The summed E-state index contributed by atoms with van der Waals surface area (Å²) in [7, 11) is -2.07. The molecule has 134 valence electrons. The number of rotatable bonds is 6. The van der Waals surface area contributed by atoms with Crippen LogP contribution in [0.2, 0.25) is 19.6 Å². The topological polar surface area (TPSA) is 47.9 Å². The molecule has 1 aromatic rings. The van der Waals surface area contributed by atoms with E-state index in [4.69, 9.17) is 4.43 Å². The van der Waals surface area contributed by atoms with Crippen LogP contribution < -0.4 is 0 Å². The molecule has 1 aromatic carbocycles. The van der Waals surface area contributed by atoms with Crippen LogP contribution in [0.5, 0.6) is 0 Å². The van der Waals surface area contributed by atoms with Crippen molar-refractivity contribution < 1.29 is 36.0 Å². The first kappa shape index (κ1) is 20.1. The van der Waals surface area contributed by atoms with E-state index in [0.29, 0.717) is 0 Å². The minimum absolute atomic E-state index is 0.127. The third kappa shape index (κ3) is 5.29. The van der Waals surface area contributed by atoms with Crippen LogP contribution in [0, 0.1) is 29.1 Å². The lowest BCUT2D eigenvalue weighted by Gasteiger charge is -2.16. The van der Waals surface area contributed by atoms with E-state index in [-0.39, 0.29) is 12.1 Å². The van der Waals surface area contributed by atoms with Gasteiger partial charge in [0.1, 0.15) is 6.61 Å². The van der Waals surface area contributed by atoms with E-state index >= 15 is 0 Å².